The Kier molecular flexibility index (Phi) is 4.24. The molecule has 0 bridgehead atoms. The fourth-order valence-corrected chi connectivity index (χ4v) is 6.07. The number of hydrogen-bond donors (Lipinski definition) is 0. The molecular weight excluding hydrogens is 388 g/mol. The summed E-state index contributed by atoms with van der Waals surface area (Å²) in [6.07, 6.45) is 1.70. The lowest BCUT2D eigenvalue weighted by atomic mass is 9.98. The van der Waals surface area contributed by atoms with E-state index in [9.17, 15) is 9.59 Å². The normalized spacial score (nSPS) is 22.2. The molecule has 2 amide bonds. The van der Waals surface area contributed by atoms with Gasteiger partial charge in [-0.15, -0.1) is 0 Å². The van der Waals surface area contributed by atoms with Crippen LogP contribution in [0.2, 0.25) is 0 Å². The van der Waals surface area contributed by atoms with Crippen molar-refractivity contribution in [2.24, 2.45) is 0 Å². The van der Waals surface area contributed by atoms with Crippen molar-refractivity contribution in [2.45, 2.75) is 35.6 Å². The molecule has 2 aromatic rings. The first-order valence-electron chi connectivity index (χ1n) is 9.71. The molecule has 29 heavy (non-hydrogen) atoms. The molecule has 0 N–H and O–H groups in total. The molecule has 1 unspecified atom stereocenters. The number of thioether (sulfide) groups is 1. The standard InChI is InChI=1S/C22H22N2O4S/c1-27-17-11-14-8-10-23(13-15(14)12-18(17)28-2)21(26)22-9-7-20(25)24(22)16-5-3-4-6-19(16)29-22/h3-6,11-12H,7-10,13H2,1-2H3. The van der Waals surface area contributed by atoms with Gasteiger partial charge in [0.05, 0.1) is 19.9 Å². The van der Waals surface area contributed by atoms with E-state index < -0.39 is 4.87 Å². The molecule has 0 radical (unpaired) electrons. The zero-order chi connectivity index (χ0) is 20.2. The van der Waals surface area contributed by atoms with E-state index in [1.54, 1.807) is 19.1 Å². The van der Waals surface area contributed by atoms with Gasteiger partial charge in [0, 0.05) is 24.4 Å². The summed E-state index contributed by atoms with van der Waals surface area (Å²) in [7, 11) is 3.24. The van der Waals surface area contributed by atoms with Gasteiger partial charge in [-0.05, 0) is 48.2 Å². The third kappa shape index (κ3) is 2.64. The Hall–Kier alpha value is -2.67. The third-order valence-electron chi connectivity index (χ3n) is 6.01. The van der Waals surface area contributed by atoms with Gasteiger partial charge in [-0.2, -0.15) is 0 Å². The van der Waals surface area contributed by atoms with Crippen molar-refractivity contribution in [1.82, 2.24) is 4.90 Å². The van der Waals surface area contributed by atoms with Crippen LogP contribution in [0.5, 0.6) is 11.5 Å². The summed E-state index contributed by atoms with van der Waals surface area (Å²) < 4.78 is 10.8. The van der Waals surface area contributed by atoms with Crippen molar-refractivity contribution in [2.75, 3.05) is 25.7 Å². The van der Waals surface area contributed by atoms with E-state index in [4.69, 9.17) is 9.47 Å². The molecule has 7 heteroatoms. The number of methoxy groups -OCH3 is 2. The monoisotopic (exact) mass is 410 g/mol. The number of nitrogens with zero attached hydrogens (tertiary/aromatic N) is 2. The zero-order valence-electron chi connectivity index (χ0n) is 16.4. The maximum absolute atomic E-state index is 13.8. The predicted molar refractivity (Wildman–Crippen MR) is 110 cm³/mol. The molecule has 2 aromatic carbocycles. The molecule has 3 aliphatic heterocycles. The number of ether oxygens (including phenoxy) is 2. The number of para-hydroxylation sites is 1. The summed E-state index contributed by atoms with van der Waals surface area (Å²) in [4.78, 5) is 30.2. The van der Waals surface area contributed by atoms with E-state index >= 15 is 0 Å². The quantitative estimate of drug-likeness (QED) is 0.778. The summed E-state index contributed by atoms with van der Waals surface area (Å²) in [6, 6.07) is 11.8. The van der Waals surface area contributed by atoms with Crippen molar-refractivity contribution < 1.29 is 19.1 Å². The zero-order valence-corrected chi connectivity index (χ0v) is 17.3. The van der Waals surface area contributed by atoms with Crippen molar-refractivity contribution in [1.29, 1.82) is 0 Å². The largest absolute Gasteiger partial charge is 0.493 e. The minimum Gasteiger partial charge on any atom is -0.493 e. The van der Waals surface area contributed by atoms with Crippen LogP contribution < -0.4 is 14.4 Å². The number of amides is 2. The van der Waals surface area contributed by atoms with Crippen molar-refractivity contribution in [3.8, 4) is 11.5 Å². The fourth-order valence-electron chi connectivity index (χ4n) is 4.59. The molecular formula is C22H22N2O4S. The van der Waals surface area contributed by atoms with Crippen LogP contribution in [0.1, 0.15) is 24.0 Å². The molecule has 0 aromatic heterocycles. The van der Waals surface area contributed by atoms with Crippen LogP contribution in [-0.2, 0) is 22.6 Å². The minimum absolute atomic E-state index is 0.0185. The van der Waals surface area contributed by atoms with Crippen molar-refractivity contribution >= 4 is 29.3 Å². The number of anilines is 1. The van der Waals surface area contributed by atoms with Gasteiger partial charge in [0.2, 0.25) is 5.91 Å². The van der Waals surface area contributed by atoms with Crippen molar-refractivity contribution in [3.05, 3.63) is 47.5 Å². The summed E-state index contributed by atoms with van der Waals surface area (Å²) in [6.45, 7) is 1.14. The van der Waals surface area contributed by atoms with Gasteiger partial charge in [0.1, 0.15) is 0 Å². The second-order valence-corrected chi connectivity index (χ2v) is 8.86. The van der Waals surface area contributed by atoms with Crippen LogP contribution in [-0.4, -0.2) is 42.3 Å². The summed E-state index contributed by atoms with van der Waals surface area (Å²) >= 11 is 1.52. The molecule has 1 atom stereocenters. The smallest absolute Gasteiger partial charge is 0.260 e. The van der Waals surface area contributed by atoms with Crippen molar-refractivity contribution in [3.63, 3.8) is 0 Å². The Morgan fingerprint density at radius 2 is 1.79 bits per heavy atom. The van der Waals surface area contributed by atoms with E-state index in [1.165, 1.54) is 17.3 Å². The highest BCUT2D eigenvalue weighted by atomic mass is 32.2. The molecule has 5 rings (SSSR count). The molecule has 3 heterocycles. The van der Waals surface area contributed by atoms with Crippen LogP contribution >= 0.6 is 11.8 Å². The number of benzene rings is 2. The molecule has 0 saturated carbocycles. The maximum atomic E-state index is 13.8. The molecule has 0 spiro atoms. The van der Waals surface area contributed by atoms with Crippen LogP contribution in [0, 0.1) is 0 Å². The molecule has 1 fully saturated rings. The first-order valence-corrected chi connectivity index (χ1v) is 10.5. The number of carbonyl (C=O) groups excluding carboxylic acids is 2. The summed E-state index contributed by atoms with van der Waals surface area (Å²) in [5, 5.41) is 0. The highest BCUT2D eigenvalue weighted by molar-refractivity contribution is 8.02. The highest BCUT2D eigenvalue weighted by Gasteiger charge is 2.58. The number of hydrogen-bond acceptors (Lipinski definition) is 5. The van der Waals surface area contributed by atoms with Crippen LogP contribution in [0.3, 0.4) is 0 Å². The third-order valence-corrected chi connectivity index (χ3v) is 7.48. The predicted octanol–water partition coefficient (Wildman–Crippen LogP) is 3.22. The van der Waals surface area contributed by atoms with Gasteiger partial charge < -0.3 is 14.4 Å². The van der Waals surface area contributed by atoms with E-state index in [-0.39, 0.29) is 11.8 Å². The fraction of sp³-hybridized carbons (Fsp3) is 0.364. The van der Waals surface area contributed by atoms with Gasteiger partial charge >= 0.3 is 0 Å². The number of fused-ring (bicyclic) bond motifs is 4. The van der Waals surface area contributed by atoms with Gasteiger partial charge in [-0.25, -0.2) is 0 Å². The Balaban J connectivity index is 1.47. The Bertz CT molecular complexity index is 1020. The number of rotatable bonds is 3. The van der Waals surface area contributed by atoms with Gasteiger partial charge in [0.15, 0.2) is 16.4 Å². The molecule has 6 nitrogen and oxygen atoms in total. The van der Waals surface area contributed by atoms with Gasteiger partial charge in [-0.3, -0.25) is 14.5 Å². The average Bonchev–Trinajstić information content (AvgIpc) is 3.27. The van der Waals surface area contributed by atoms with Crippen LogP contribution in [0.15, 0.2) is 41.3 Å². The maximum Gasteiger partial charge on any atom is 0.260 e. The average molecular weight is 410 g/mol. The van der Waals surface area contributed by atoms with Crippen LogP contribution in [0.25, 0.3) is 0 Å². The SMILES string of the molecule is COc1cc2c(cc1OC)CN(C(=O)C13CCC(=O)N1c1ccccc1S3)CC2. The lowest BCUT2D eigenvalue weighted by Gasteiger charge is -2.37. The summed E-state index contributed by atoms with van der Waals surface area (Å²) in [5.41, 5.74) is 3.10. The molecule has 3 aliphatic rings. The molecule has 150 valence electrons. The lowest BCUT2D eigenvalue weighted by Crippen LogP contribution is -2.54. The summed E-state index contributed by atoms with van der Waals surface area (Å²) in [5.74, 6) is 1.42. The Morgan fingerprint density at radius 1 is 1.07 bits per heavy atom. The van der Waals surface area contributed by atoms with E-state index in [1.807, 2.05) is 41.3 Å². The molecule has 1 saturated heterocycles. The second-order valence-electron chi connectivity index (χ2n) is 7.54. The Labute approximate surface area is 173 Å². The topological polar surface area (TPSA) is 59.1 Å². The van der Waals surface area contributed by atoms with E-state index in [0.29, 0.717) is 37.4 Å². The first kappa shape index (κ1) is 18.4. The number of carbonyl (C=O) groups is 2. The highest BCUT2D eigenvalue weighted by Crippen LogP contribution is 2.56. The second kappa shape index (κ2) is 6.69. The first-order chi connectivity index (χ1) is 14.1. The van der Waals surface area contributed by atoms with E-state index in [0.717, 1.165) is 22.6 Å². The van der Waals surface area contributed by atoms with E-state index in [2.05, 4.69) is 0 Å². The minimum atomic E-state index is -0.852. The van der Waals surface area contributed by atoms with Crippen LogP contribution in [0.4, 0.5) is 5.69 Å². The molecule has 0 aliphatic carbocycles. The lowest BCUT2D eigenvalue weighted by molar-refractivity contribution is -0.135. The Morgan fingerprint density at radius 3 is 2.55 bits per heavy atom. The van der Waals surface area contributed by atoms with Gasteiger partial charge in [0.25, 0.3) is 5.91 Å². The van der Waals surface area contributed by atoms with Gasteiger partial charge in [-0.1, -0.05) is 23.9 Å².